The number of piperidine rings is 1. The standard InChI is InChI=1S/C21H25F3N2O3/c1-13(14-2-4-17(5-3-14)21(22,23)24)16-10-26(11-16)20(28)25-7-6-19-15(9-25)8-18(27)12-29-19/h2-5,13,15-16,19H,6-12H2,1H3/t13?,15-,19+/m1/s1. The second-order valence-electron chi connectivity index (χ2n) is 8.44. The Labute approximate surface area is 167 Å². The lowest BCUT2D eigenvalue weighted by molar-refractivity contribution is -0.140. The Kier molecular flexibility index (Phi) is 5.31. The number of benzene rings is 1. The Morgan fingerprint density at radius 2 is 1.83 bits per heavy atom. The lowest BCUT2D eigenvalue weighted by Crippen LogP contribution is -2.59. The molecule has 1 aromatic carbocycles. The molecule has 0 aromatic heterocycles. The first-order chi connectivity index (χ1) is 13.7. The molecule has 3 fully saturated rings. The van der Waals surface area contributed by atoms with Crippen LogP contribution in [0.5, 0.6) is 0 Å². The van der Waals surface area contributed by atoms with E-state index in [-0.39, 0.29) is 42.3 Å². The summed E-state index contributed by atoms with van der Waals surface area (Å²) in [5.41, 5.74) is 0.209. The van der Waals surface area contributed by atoms with Gasteiger partial charge in [-0.2, -0.15) is 13.2 Å². The predicted molar refractivity (Wildman–Crippen MR) is 99.4 cm³/mol. The van der Waals surface area contributed by atoms with Crippen LogP contribution in [0, 0.1) is 11.8 Å². The number of carbonyl (C=O) groups is 2. The van der Waals surface area contributed by atoms with Crippen LogP contribution in [0.25, 0.3) is 0 Å². The monoisotopic (exact) mass is 410 g/mol. The number of amides is 2. The van der Waals surface area contributed by atoms with Gasteiger partial charge in [-0.3, -0.25) is 4.79 Å². The summed E-state index contributed by atoms with van der Waals surface area (Å²) in [4.78, 5) is 28.0. The fourth-order valence-corrected chi connectivity index (χ4v) is 4.58. The quantitative estimate of drug-likeness (QED) is 0.750. The molecule has 0 aliphatic carbocycles. The number of alkyl halides is 3. The van der Waals surface area contributed by atoms with Crippen molar-refractivity contribution in [1.29, 1.82) is 0 Å². The highest BCUT2D eigenvalue weighted by atomic mass is 19.4. The summed E-state index contributed by atoms with van der Waals surface area (Å²) in [5.74, 6) is 0.483. The largest absolute Gasteiger partial charge is 0.416 e. The average molecular weight is 410 g/mol. The first-order valence-electron chi connectivity index (χ1n) is 10.1. The topological polar surface area (TPSA) is 49.9 Å². The highest BCUT2D eigenvalue weighted by Gasteiger charge is 2.41. The Bertz CT molecular complexity index is 774. The maximum Gasteiger partial charge on any atom is 0.416 e. The molecule has 29 heavy (non-hydrogen) atoms. The molecule has 3 saturated heterocycles. The molecule has 2 amide bonds. The molecule has 1 unspecified atom stereocenters. The Morgan fingerprint density at radius 1 is 1.14 bits per heavy atom. The number of Topliss-reactive ketones (excluding diaryl/α,β-unsaturated/α-hetero) is 1. The highest BCUT2D eigenvalue weighted by Crippen LogP contribution is 2.35. The van der Waals surface area contributed by atoms with Crippen LogP contribution in [-0.4, -0.2) is 60.5 Å². The molecule has 3 aliphatic rings. The molecule has 0 bridgehead atoms. The molecular formula is C21H25F3N2O3. The molecule has 4 rings (SSSR count). The van der Waals surface area contributed by atoms with Gasteiger partial charge < -0.3 is 14.5 Å². The van der Waals surface area contributed by atoms with Crippen molar-refractivity contribution in [1.82, 2.24) is 9.80 Å². The van der Waals surface area contributed by atoms with E-state index in [1.807, 2.05) is 11.8 Å². The van der Waals surface area contributed by atoms with Gasteiger partial charge in [0.05, 0.1) is 11.7 Å². The van der Waals surface area contributed by atoms with Crippen molar-refractivity contribution in [3.05, 3.63) is 35.4 Å². The number of ether oxygens (including phenoxy) is 1. The summed E-state index contributed by atoms with van der Waals surface area (Å²) in [6.45, 7) is 4.55. The molecule has 3 aliphatic heterocycles. The van der Waals surface area contributed by atoms with E-state index >= 15 is 0 Å². The fraction of sp³-hybridized carbons (Fsp3) is 0.619. The maximum atomic E-state index is 12.8. The van der Waals surface area contributed by atoms with Gasteiger partial charge in [0.1, 0.15) is 6.61 Å². The average Bonchev–Trinajstić information content (AvgIpc) is 2.65. The van der Waals surface area contributed by atoms with Crippen LogP contribution in [0.2, 0.25) is 0 Å². The first-order valence-corrected chi connectivity index (χ1v) is 10.1. The molecule has 3 heterocycles. The molecule has 8 heteroatoms. The number of urea groups is 1. The molecule has 0 saturated carbocycles. The van der Waals surface area contributed by atoms with Crippen LogP contribution < -0.4 is 0 Å². The molecule has 0 N–H and O–H groups in total. The van der Waals surface area contributed by atoms with Crippen LogP contribution in [0.3, 0.4) is 0 Å². The molecule has 158 valence electrons. The van der Waals surface area contributed by atoms with Crippen LogP contribution in [0.1, 0.15) is 36.8 Å². The van der Waals surface area contributed by atoms with E-state index in [4.69, 9.17) is 4.74 Å². The van der Waals surface area contributed by atoms with Gasteiger partial charge in [-0.05, 0) is 30.0 Å². The van der Waals surface area contributed by atoms with Crippen LogP contribution in [-0.2, 0) is 15.7 Å². The molecule has 3 atom stereocenters. The van der Waals surface area contributed by atoms with Crippen molar-refractivity contribution in [3.8, 4) is 0 Å². The van der Waals surface area contributed by atoms with E-state index in [1.54, 1.807) is 4.90 Å². The van der Waals surface area contributed by atoms with E-state index < -0.39 is 11.7 Å². The predicted octanol–water partition coefficient (Wildman–Crippen LogP) is 3.54. The number of halogens is 3. The minimum Gasteiger partial charge on any atom is -0.370 e. The summed E-state index contributed by atoms with van der Waals surface area (Å²) >= 11 is 0. The zero-order valence-corrected chi connectivity index (χ0v) is 16.3. The number of carbonyl (C=O) groups excluding carboxylic acids is 2. The van der Waals surface area contributed by atoms with E-state index in [0.29, 0.717) is 32.6 Å². The summed E-state index contributed by atoms with van der Waals surface area (Å²) < 4.78 is 43.7. The van der Waals surface area contributed by atoms with Gasteiger partial charge in [0.25, 0.3) is 0 Å². The van der Waals surface area contributed by atoms with Crippen LogP contribution in [0.15, 0.2) is 24.3 Å². The lowest BCUT2D eigenvalue weighted by atomic mass is 9.82. The van der Waals surface area contributed by atoms with Gasteiger partial charge >= 0.3 is 12.2 Å². The number of hydrogen-bond acceptors (Lipinski definition) is 3. The van der Waals surface area contributed by atoms with Crippen molar-refractivity contribution >= 4 is 11.8 Å². The van der Waals surface area contributed by atoms with Crippen molar-refractivity contribution in [2.75, 3.05) is 32.8 Å². The maximum absolute atomic E-state index is 12.8. The van der Waals surface area contributed by atoms with Crippen molar-refractivity contribution in [2.24, 2.45) is 11.8 Å². The number of fused-ring (bicyclic) bond motifs is 1. The SMILES string of the molecule is CC(c1ccc(C(F)(F)F)cc1)C1CN(C(=O)N2CC[C@@H]3OCC(=O)C[C@@H]3C2)C1. The van der Waals surface area contributed by atoms with Crippen LogP contribution >= 0.6 is 0 Å². The molecule has 0 radical (unpaired) electrons. The van der Waals surface area contributed by atoms with Gasteiger partial charge in [-0.25, -0.2) is 4.79 Å². The number of likely N-dealkylation sites (tertiary alicyclic amines) is 2. The number of hydrogen-bond donors (Lipinski definition) is 0. The minimum atomic E-state index is -4.33. The minimum absolute atomic E-state index is 0.0164. The van der Waals surface area contributed by atoms with Crippen LogP contribution in [0.4, 0.5) is 18.0 Å². The second-order valence-corrected chi connectivity index (χ2v) is 8.44. The van der Waals surface area contributed by atoms with E-state index in [9.17, 15) is 22.8 Å². The van der Waals surface area contributed by atoms with E-state index in [0.717, 1.165) is 24.1 Å². The number of ketones is 1. The third-order valence-corrected chi connectivity index (χ3v) is 6.53. The Balaban J connectivity index is 1.30. The third kappa shape index (κ3) is 4.13. The highest BCUT2D eigenvalue weighted by molar-refractivity contribution is 5.81. The molecular weight excluding hydrogens is 385 g/mol. The lowest BCUT2D eigenvalue weighted by Gasteiger charge is -2.47. The van der Waals surface area contributed by atoms with Crippen molar-refractivity contribution in [3.63, 3.8) is 0 Å². The summed E-state index contributed by atoms with van der Waals surface area (Å²) in [6, 6.07) is 5.28. The molecule has 5 nitrogen and oxygen atoms in total. The third-order valence-electron chi connectivity index (χ3n) is 6.53. The van der Waals surface area contributed by atoms with E-state index in [1.165, 1.54) is 12.1 Å². The van der Waals surface area contributed by atoms with Gasteiger partial charge in [-0.1, -0.05) is 19.1 Å². The fourth-order valence-electron chi connectivity index (χ4n) is 4.58. The zero-order valence-electron chi connectivity index (χ0n) is 16.3. The van der Waals surface area contributed by atoms with Gasteiger partial charge in [0.15, 0.2) is 5.78 Å². The second kappa shape index (κ2) is 7.63. The molecule has 0 spiro atoms. The first kappa shape index (κ1) is 20.2. The van der Waals surface area contributed by atoms with E-state index in [2.05, 4.69) is 0 Å². The number of nitrogens with zero attached hydrogens (tertiary/aromatic N) is 2. The summed E-state index contributed by atoms with van der Waals surface area (Å²) in [6.07, 6.45) is -3.03. The van der Waals surface area contributed by atoms with Gasteiger partial charge in [0, 0.05) is 44.4 Å². The van der Waals surface area contributed by atoms with Crippen molar-refractivity contribution < 1.29 is 27.5 Å². The molecule has 1 aromatic rings. The zero-order chi connectivity index (χ0) is 20.8. The summed E-state index contributed by atoms with van der Waals surface area (Å²) in [7, 11) is 0. The number of rotatable bonds is 2. The van der Waals surface area contributed by atoms with Gasteiger partial charge in [-0.15, -0.1) is 0 Å². The summed E-state index contributed by atoms with van der Waals surface area (Å²) in [5, 5.41) is 0. The smallest absolute Gasteiger partial charge is 0.370 e. The Hall–Kier alpha value is -2.09. The Morgan fingerprint density at radius 3 is 2.48 bits per heavy atom. The van der Waals surface area contributed by atoms with Gasteiger partial charge in [0.2, 0.25) is 0 Å². The normalized spacial score (nSPS) is 26.7. The van der Waals surface area contributed by atoms with Crippen molar-refractivity contribution in [2.45, 2.75) is 38.0 Å².